The first-order valence-corrected chi connectivity index (χ1v) is 7.67. The van der Waals surface area contributed by atoms with Crippen LogP contribution in [0, 0.1) is 5.41 Å². The largest absolute Gasteiger partial charge is 0.378 e. The quantitative estimate of drug-likeness (QED) is 0.829. The van der Waals surface area contributed by atoms with Crippen LogP contribution in [0.5, 0.6) is 0 Å². The number of nitrogens with zero attached hydrogens (tertiary/aromatic N) is 1. The Kier molecular flexibility index (Phi) is 3.63. The highest BCUT2D eigenvalue weighted by molar-refractivity contribution is 5.13. The Morgan fingerprint density at radius 1 is 1.53 bits per heavy atom. The third-order valence-electron chi connectivity index (χ3n) is 5.10. The zero-order valence-electron chi connectivity index (χ0n) is 12.0. The van der Waals surface area contributed by atoms with Gasteiger partial charge in [-0.05, 0) is 32.6 Å². The molecule has 3 atom stereocenters. The molecule has 2 aliphatic carbocycles. The molecule has 1 aromatic heterocycles. The van der Waals surface area contributed by atoms with Crippen LogP contribution in [0.4, 0.5) is 0 Å². The first-order chi connectivity index (χ1) is 9.30. The lowest BCUT2D eigenvalue weighted by Crippen LogP contribution is -2.67. The molecule has 2 saturated carbocycles. The van der Waals surface area contributed by atoms with Gasteiger partial charge in [0.15, 0.2) is 0 Å². The monoisotopic (exact) mass is 263 g/mol. The van der Waals surface area contributed by atoms with Crippen molar-refractivity contribution in [1.82, 2.24) is 15.3 Å². The van der Waals surface area contributed by atoms with Crippen molar-refractivity contribution in [2.45, 2.75) is 64.1 Å². The lowest BCUT2D eigenvalue weighted by atomic mass is 9.51. The fraction of sp³-hybridized carbons (Fsp3) is 0.800. The van der Waals surface area contributed by atoms with Crippen LogP contribution in [0.2, 0.25) is 0 Å². The summed E-state index contributed by atoms with van der Waals surface area (Å²) in [5.74, 6) is 1.07. The summed E-state index contributed by atoms with van der Waals surface area (Å²) in [5, 5.41) is 3.81. The van der Waals surface area contributed by atoms with Gasteiger partial charge in [-0.25, -0.2) is 4.98 Å². The highest BCUT2D eigenvalue weighted by Gasteiger charge is 2.59. The van der Waals surface area contributed by atoms with Gasteiger partial charge in [-0.2, -0.15) is 0 Å². The Morgan fingerprint density at radius 3 is 2.89 bits per heavy atom. The number of nitrogens with one attached hydrogen (secondary N) is 2. The molecule has 0 amide bonds. The highest BCUT2D eigenvalue weighted by Crippen LogP contribution is 2.57. The van der Waals surface area contributed by atoms with Crippen LogP contribution in [0.1, 0.15) is 57.8 Å². The molecule has 0 aromatic carbocycles. The van der Waals surface area contributed by atoms with Gasteiger partial charge in [0.05, 0.1) is 12.1 Å². The van der Waals surface area contributed by atoms with E-state index in [1.165, 1.54) is 19.3 Å². The standard InChI is InChI=1S/C15H25N3O/c1-3-11(14-16-8-9-17-14)18-12-10-13(19-4-2)15(12)6-5-7-15/h8-9,11-13,18H,3-7,10H2,1-2H3,(H,16,17). The fourth-order valence-electron chi connectivity index (χ4n) is 3.77. The number of imidazole rings is 1. The van der Waals surface area contributed by atoms with Crippen molar-refractivity contribution < 1.29 is 4.74 Å². The minimum Gasteiger partial charge on any atom is -0.378 e. The summed E-state index contributed by atoms with van der Waals surface area (Å²) in [5.41, 5.74) is 0.427. The van der Waals surface area contributed by atoms with Crippen molar-refractivity contribution in [3.05, 3.63) is 18.2 Å². The predicted molar refractivity (Wildman–Crippen MR) is 74.9 cm³/mol. The van der Waals surface area contributed by atoms with Gasteiger partial charge >= 0.3 is 0 Å². The lowest BCUT2D eigenvalue weighted by molar-refractivity contribution is -0.175. The van der Waals surface area contributed by atoms with Gasteiger partial charge < -0.3 is 15.0 Å². The van der Waals surface area contributed by atoms with Gasteiger partial charge in [0.2, 0.25) is 0 Å². The molecular weight excluding hydrogens is 238 g/mol. The average Bonchev–Trinajstić information content (AvgIpc) is 2.84. The van der Waals surface area contributed by atoms with Gasteiger partial charge in [-0.1, -0.05) is 13.3 Å². The van der Waals surface area contributed by atoms with Gasteiger partial charge in [-0.15, -0.1) is 0 Å². The first-order valence-electron chi connectivity index (χ1n) is 7.67. The van der Waals surface area contributed by atoms with E-state index in [-0.39, 0.29) is 0 Å². The summed E-state index contributed by atoms with van der Waals surface area (Å²) in [7, 11) is 0. The molecule has 1 heterocycles. The minimum atomic E-state index is 0.347. The van der Waals surface area contributed by atoms with Crippen LogP contribution in [-0.2, 0) is 4.74 Å². The zero-order valence-corrected chi connectivity index (χ0v) is 12.0. The molecule has 4 heteroatoms. The van der Waals surface area contributed by atoms with Crippen LogP contribution in [0.25, 0.3) is 0 Å². The summed E-state index contributed by atoms with van der Waals surface area (Å²) in [6, 6.07) is 0.952. The van der Waals surface area contributed by atoms with Crippen molar-refractivity contribution in [2.75, 3.05) is 6.61 Å². The third kappa shape index (κ3) is 2.11. The smallest absolute Gasteiger partial charge is 0.123 e. The number of hydrogen-bond acceptors (Lipinski definition) is 3. The number of aromatic amines is 1. The Labute approximate surface area is 115 Å². The van der Waals surface area contributed by atoms with Gasteiger partial charge in [-0.3, -0.25) is 0 Å². The summed E-state index contributed by atoms with van der Waals surface area (Å²) in [4.78, 5) is 7.63. The maximum atomic E-state index is 5.91. The Hall–Kier alpha value is -0.870. The third-order valence-corrected chi connectivity index (χ3v) is 5.10. The minimum absolute atomic E-state index is 0.347. The molecule has 0 radical (unpaired) electrons. The van der Waals surface area contributed by atoms with E-state index in [0.29, 0.717) is 23.6 Å². The number of hydrogen-bond donors (Lipinski definition) is 2. The number of rotatable bonds is 6. The second-order valence-electron chi connectivity index (χ2n) is 5.92. The molecule has 1 aromatic rings. The van der Waals surface area contributed by atoms with E-state index < -0.39 is 0 Å². The molecule has 1 spiro atoms. The Balaban J connectivity index is 1.64. The molecule has 0 aliphatic heterocycles. The predicted octanol–water partition coefficient (Wildman–Crippen LogP) is 2.80. The van der Waals surface area contributed by atoms with E-state index in [1.54, 1.807) is 0 Å². The maximum Gasteiger partial charge on any atom is 0.123 e. The topological polar surface area (TPSA) is 49.9 Å². The fourth-order valence-corrected chi connectivity index (χ4v) is 3.77. The molecule has 2 aliphatic rings. The molecule has 0 saturated heterocycles. The second kappa shape index (κ2) is 5.25. The van der Waals surface area contributed by atoms with Gasteiger partial charge in [0.25, 0.3) is 0 Å². The van der Waals surface area contributed by atoms with Crippen LogP contribution in [-0.4, -0.2) is 28.7 Å². The van der Waals surface area contributed by atoms with Crippen molar-refractivity contribution in [2.24, 2.45) is 5.41 Å². The molecule has 2 N–H and O–H groups in total. The second-order valence-corrected chi connectivity index (χ2v) is 5.92. The molecule has 3 rings (SSSR count). The molecule has 106 valence electrons. The van der Waals surface area contributed by atoms with E-state index in [0.717, 1.165) is 25.3 Å². The van der Waals surface area contributed by atoms with E-state index in [9.17, 15) is 0 Å². The SMILES string of the molecule is CCOC1CC(NC(CC)c2ncc[nH]2)C12CCC2. The highest BCUT2D eigenvalue weighted by atomic mass is 16.5. The number of aromatic nitrogens is 2. The molecule has 19 heavy (non-hydrogen) atoms. The normalized spacial score (nSPS) is 29.8. The van der Waals surface area contributed by atoms with E-state index >= 15 is 0 Å². The van der Waals surface area contributed by atoms with Crippen LogP contribution in [0.3, 0.4) is 0 Å². The number of ether oxygens (including phenoxy) is 1. The van der Waals surface area contributed by atoms with E-state index in [2.05, 4.69) is 29.1 Å². The zero-order chi connectivity index (χ0) is 13.3. The van der Waals surface area contributed by atoms with E-state index in [4.69, 9.17) is 4.74 Å². The van der Waals surface area contributed by atoms with E-state index in [1.807, 2.05) is 12.4 Å². The summed E-state index contributed by atoms with van der Waals surface area (Å²) in [6.07, 6.45) is 10.5. The van der Waals surface area contributed by atoms with Crippen molar-refractivity contribution in [1.29, 1.82) is 0 Å². The first kappa shape index (κ1) is 13.1. The molecule has 4 nitrogen and oxygen atoms in total. The Morgan fingerprint density at radius 2 is 2.37 bits per heavy atom. The van der Waals surface area contributed by atoms with Crippen LogP contribution in [0.15, 0.2) is 12.4 Å². The van der Waals surface area contributed by atoms with Crippen molar-refractivity contribution in [3.8, 4) is 0 Å². The molecular formula is C15H25N3O. The molecule has 0 bridgehead atoms. The van der Waals surface area contributed by atoms with Crippen molar-refractivity contribution >= 4 is 0 Å². The molecule has 2 fully saturated rings. The van der Waals surface area contributed by atoms with Gasteiger partial charge in [0.1, 0.15) is 5.82 Å². The summed E-state index contributed by atoms with van der Waals surface area (Å²) < 4.78 is 5.91. The summed E-state index contributed by atoms with van der Waals surface area (Å²) in [6.45, 7) is 5.16. The van der Waals surface area contributed by atoms with Crippen molar-refractivity contribution in [3.63, 3.8) is 0 Å². The Bertz CT molecular complexity index is 400. The molecule has 3 unspecified atom stereocenters. The van der Waals surface area contributed by atoms with Gasteiger partial charge in [0, 0.05) is 30.5 Å². The van der Waals surface area contributed by atoms with Crippen LogP contribution < -0.4 is 5.32 Å². The van der Waals surface area contributed by atoms with Crippen LogP contribution >= 0.6 is 0 Å². The summed E-state index contributed by atoms with van der Waals surface area (Å²) >= 11 is 0. The average molecular weight is 263 g/mol. The maximum absolute atomic E-state index is 5.91. The number of H-pyrrole nitrogens is 1. The lowest BCUT2D eigenvalue weighted by Gasteiger charge is -2.61.